The smallest absolute Gasteiger partial charge is 0.166 e. The number of halogens is 1. The van der Waals surface area contributed by atoms with Crippen LogP contribution in [-0.2, 0) is 6.54 Å². The third-order valence-electron chi connectivity index (χ3n) is 3.03. The van der Waals surface area contributed by atoms with Crippen LogP contribution >= 0.6 is 11.6 Å². The highest BCUT2D eigenvalue weighted by atomic mass is 35.5. The minimum absolute atomic E-state index is 0.160. The Balaban J connectivity index is 3.01. The molecule has 0 saturated heterocycles. The van der Waals surface area contributed by atoms with Gasteiger partial charge in [0, 0.05) is 29.2 Å². The maximum Gasteiger partial charge on any atom is 0.166 e. The van der Waals surface area contributed by atoms with Gasteiger partial charge in [0.25, 0.3) is 0 Å². The lowest BCUT2D eigenvalue weighted by Gasteiger charge is -2.20. The maximum atomic E-state index is 6.15. The van der Waals surface area contributed by atoms with Crippen molar-refractivity contribution in [1.82, 2.24) is 5.32 Å². The van der Waals surface area contributed by atoms with Crippen LogP contribution in [0, 0.1) is 0 Å². The summed E-state index contributed by atoms with van der Waals surface area (Å²) in [6.07, 6.45) is 2.27. The van der Waals surface area contributed by atoms with Gasteiger partial charge in [-0.05, 0) is 19.4 Å². The van der Waals surface area contributed by atoms with Gasteiger partial charge in [-0.25, -0.2) is 0 Å². The zero-order valence-corrected chi connectivity index (χ0v) is 13.9. The van der Waals surface area contributed by atoms with Gasteiger partial charge in [0.1, 0.15) is 0 Å². The number of hydrogen-bond acceptors (Lipinski definition) is 3. The Hall–Kier alpha value is -0.930. The summed E-state index contributed by atoms with van der Waals surface area (Å²) >= 11 is 6.15. The van der Waals surface area contributed by atoms with Crippen LogP contribution in [0.3, 0.4) is 0 Å². The van der Waals surface area contributed by atoms with Gasteiger partial charge in [-0.15, -0.1) is 0 Å². The fraction of sp³-hybridized carbons (Fsp3) is 0.625. The van der Waals surface area contributed by atoms with E-state index < -0.39 is 0 Å². The molecule has 1 aromatic carbocycles. The predicted molar refractivity (Wildman–Crippen MR) is 85.0 cm³/mol. The summed E-state index contributed by atoms with van der Waals surface area (Å²) in [6.45, 7) is 9.17. The molecule has 0 amide bonds. The zero-order valence-electron chi connectivity index (χ0n) is 13.1. The van der Waals surface area contributed by atoms with Crippen molar-refractivity contribution in [1.29, 1.82) is 0 Å². The van der Waals surface area contributed by atoms with Crippen LogP contribution in [0.25, 0.3) is 0 Å². The van der Waals surface area contributed by atoms with Gasteiger partial charge in [0.2, 0.25) is 0 Å². The quantitative estimate of drug-likeness (QED) is 0.771. The van der Waals surface area contributed by atoms with E-state index in [1.54, 1.807) is 13.2 Å². The Morgan fingerprint density at radius 2 is 1.95 bits per heavy atom. The summed E-state index contributed by atoms with van der Waals surface area (Å²) in [6, 6.07) is 4.14. The highest BCUT2D eigenvalue weighted by Gasteiger charge is 2.15. The van der Waals surface area contributed by atoms with Crippen molar-refractivity contribution in [2.24, 2.45) is 0 Å². The van der Waals surface area contributed by atoms with Crippen LogP contribution in [0.5, 0.6) is 11.5 Å². The van der Waals surface area contributed by atoms with Crippen molar-refractivity contribution in [3.05, 3.63) is 22.7 Å². The van der Waals surface area contributed by atoms with Crippen LogP contribution in [0.15, 0.2) is 12.1 Å². The first kappa shape index (κ1) is 17.1. The van der Waals surface area contributed by atoms with Gasteiger partial charge in [-0.1, -0.05) is 38.8 Å². The van der Waals surface area contributed by atoms with Crippen molar-refractivity contribution < 1.29 is 9.47 Å². The van der Waals surface area contributed by atoms with Crippen LogP contribution in [0.2, 0.25) is 5.02 Å². The minimum Gasteiger partial charge on any atom is -0.493 e. The van der Waals surface area contributed by atoms with Crippen LogP contribution in [0.4, 0.5) is 0 Å². The van der Waals surface area contributed by atoms with E-state index in [0.29, 0.717) is 23.4 Å². The molecule has 0 bridgehead atoms. The summed E-state index contributed by atoms with van der Waals surface area (Å²) in [5.41, 5.74) is 1.03. The third-order valence-corrected chi connectivity index (χ3v) is 3.25. The van der Waals surface area contributed by atoms with Gasteiger partial charge < -0.3 is 14.8 Å². The molecule has 20 heavy (non-hydrogen) atoms. The summed E-state index contributed by atoms with van der Waals surface area (Å²) in [7, 11) is 1.64. The molecule has 1 N–H and O–H groups in total. The average Bonchev–Trinajstić information content (AvgIpc) is 2.38. The van der Waals surface area contributed by atoms with Crippen molar-refractivity contribution in [2.75, 3.05) is 7.11 Å². The molecule has 4 heteroatoms. The highest BCUT2D eigenvalue weighted by molar-refractivity contribution is 6.30. The molecule has 1 atom stereocenters. The molecular formula is C16H26ClNO2. The number of hydrogen-bond donors (Lipinski definition) is 1. The van der Waals surface area contributed by atoms with E-state index in [-0.39, 0.29) is 6.10 Å². The van der Waals surface area contributed by atoms with E-state index in [1.807, 2.05) is 6.07 Å². The van der Waals surface area contributed by atoms with Crippen LogP contribution in [0.1, 0.15) is 46.1 Å². The lowest BCUT2D eigenvalue weighted by molar-refractivity contribution is 0.198. The first-order valence-electron chi connectivity index (χ1n) is 7.24. The van der Waals surface area contributed by atoms with Crippen molar-refractivity contribution in [3.8, 4) is 11.5 Å². The van der Waals surface area contributed by atoms with E-state index in [1.165, 1.54) is 0 Å². The zero-order chi connectivity index (χ0) is 15.1. The van der Waals surface area contributed by atoms with Crippen molar-refractivity contribution in [2.45, 2.75) is 59.2 Å². The Labute approximate surface area is 127 Å². The molecule has 0 fully saturated rings. The maximum absolute atomic E-state index is 6.15. The van der Waals surface area contributed by atoms with Gasteiger partial charge in [0.05, 0.1) is 13.2 Å². The molecule has 0 saturated carbocycles. The van der Waals surface area contributed by atoms with Gasteiger partial charge in [-0.2, -0.15) is 0 Å². The Morgan fingerprint density at radius 3 is 2.50 bits per heavy atom. The largest absolute Gasteiger partial charge is 0.493 e. The van der Waals surface area contributed by atoms with Gasteiger partial charge >= 0.3 is 0 Å². The fourth-order valence-electron chi connectivity index (χ4n) is 2.02. The minimum atomic E-state index is 0.160. The van der Waals surface area contributed by atoms with E-state index in [4.69, 9.17) is 21.1 Å². The molecule has 3 nitrogen and oxygen atoms in total. The fourth-order valence-corrected chi connectivity index (χ4v) is 2.25. The Morgan fingerprint density at radius 1 is 1.25 bits per heavy atom. The summed E-state index contributed by atoms with van der Waals surface area (Å²) in [5.74, 6) is 1.49. The first-order chi connectivity index (χ1) is 9.47. The Bertz CT molecular complexity index is 421. The lowest BCUT2D eigenvalue weighted by atomic mass is 10.1. The lowest BCUT2D eigenvalue weighted by Crippen LogP contribution is -2.23. The number of methoxy groups -OCH3 is 1. The first-order valence-corrected chi connectivity index (χ1v) is 7.62. The van der Waals surface area contributed by atoms with Crippen molar-refractivity contribution in [3.63, 3.8) is 0 Å². The van der Waals surface area contributed by atoms with Gasteiger partial charge in [-0.3, -0.25) is 0 Å². The second-order valence-corrected chi connectivity index (χ2v) is 5.79. The predicted octanol–water partition coefficient (Wildman–Crippen LogP) is 4.41. The summed E-state index contributed by atoms with van der Waals surface area (Å²) in [5, 5.41) is 4.06. The molecule has 0 aromatic heterocycles. The number of benzene rings is 1. The third kappa shape index (κ3) is 5.22. The summed E-state index contributed by atoms with van der Waals surface area (Å²) in [4.78, 5) is 0. The Kier molecular flexibility index (Phi) is 7.17. The molecule has 0 radical (unpaired) electrons. The highest BCUT2D eigenvalue weighted by Crippen LogP contribution is 2.35. The van der Waals surface area contributed by atoms with E-state index in [0.717, 1.165) is 24.2 Å². The monoisotopic (exact) mass is 299 g/mol. The molecule has 1 aromatic rings. The second-order valence-electron chi connectivity index (χ2n) is 5.35. The van der Waals surface area contributed by atoms with Crippen molar-refractivity contribution >= 4 is 11.6 Å². The molecule has 0 spiro atoms. The normalized spacial score (nSPS) is 12.6. The van der Waals surface area contributed by atoms with E-state index in [9.17, 15) is 0 Å². The molecule has 1 rings (SSSR count). The average molecular weight is 300 g/mol. The standard InChI is InChI=1S/C16H26ClNO2/c1-6-7-12(4)20-16-13(10-18-11(2)3)8-14(17)9-15(16)19-5/h8-9,11-12,18H,6-7,10H2,1-5H3. The van der Waals surface area contributed by atoms with E-state index in [2.05, 4.69) is 33.0 Å². The molecular weight excluding hydrogens is 274 g/mol. The molecule has 0 aliphatic heterocycles. The van der Waals surface area contributed by atoms with Crippen LogP contribution in [-0.4, -0.2) is 19.3 Å². The van der Waals surface area contributed by atoms with Crippen LogP contribution < -0.4 is 14.8 Å². The number of rotatable bonds is 8. The molecule has 114 valence electrons. The molecule has 0 heterocycles. The summed E-state index contributed by atoms with van der Waals surface area (Å²) < 4.78 is 11.5. The molecule has 0 aliphatic carbocycles. The van der Waals surface area contributed by atoms with Gasteiger partial charge in [0.15, 0.2) is 11.5 Å². The molecule has 0 aliphatic rings. The van der Waals surface area contributed by atoms with E-state index >= 15 is 0 Å². The number of nitrogens with one attached hydrogen (secondary N) is 1. The molecule has 1 unspecified atom stereocenters. The number of ether oxygens (including phenoxy) is 2. The second kappa shape index (κ2) is 8.38. The SMILES string of the molecule is CCCC(C)Oc1c(CNC(C)C)cc(Cl)cc1OC. The topological polar surface area (TPSA) is 30.5 Å².